The van der Waals surface area contributed by atoms with Crippen LogP contribution in [0.25, 0.3) is 0 Å². The monoisotopic (exact) mass is 306 g/mol. The first-order valence-electron chi connectivity index (χ1n) is 6.06. The maximum Gasteiger partial charge on any atom is 0.244 e. The summed E-state index contributed by atoms with van der Waals surface area (Å²) in [5, 5.41) is 8.66. The lowest BCUT2D eigenvalue weighted by molar-refractivity contribution is 0.350. The molecule has 0 aliphatic rings. The van der Waals surface area contributed by atoms with E-state index in [0.717, 1.165) is 5.56 Å². The van der Waals surface area contributed by atoms with Crippen LogP contribution < -0.4 is 0 Å². The molecule has 0 radical (unpaired) electrons. The van der Waals surface area contributed by atoms with Crippen LogP contribution in [0.2, 0.25) is 0 Å². The second-order valence-corrected chi connectivity index (χ2v) is 6.31. The molecule has 2 rings (SSSR count). The molecule has 0 aliphatic carbocycles. The van der Waals surface area contributed by atoms with Crippen LogP contribution >= 0.6 is 0 Å². The summed E-state index contributed by atoms with van der Waals surface area (Å²) in [6, 6.07) is 3.13. The average molecular weight is 306 g/mol. The maximum atomic E-state index is 12.4. The molecule has 2 aromatic heterocycles. The number of aliphatic hydroxyl groups is 1. The molecule has 0 amide bonds. The second-order valence-electron chi connectivity index (χ2n) is 4.26. The third kappa shape index (κ3) is 3.70. The molecule has 6 nitrogen and oxygen atoms in total. The van der Waals surface area contributed by atoms with E-state index in [0.29, 0.717) is 5.56 Å². The lowest BCUT2D eigenvalue weighted by atomic mass is 10.3. The number of furan rings is 1. The van der Waals surface area contributed by atoms with Crippen LogP contribution in [0.1, 0.15) is 11.1 Å². The molecule has 0 atom stereocenters. The first-order valence-corrected chi connectivity index (χ1v) is 7.50. The number of aromatic nitrogens is 1. The summed E-state index contributed by atoms with van der Waals surface area (Å²) in [7, 11) is -2.18. The smallest absolute Gasteiger partial charge is 0.244 e. The summed E-state index contributed by atoms with van der Waals surface area (Å²) in [5.41, 5.74) is 1.19. The van der Waals surface area contributed by atoms with E-state index in [2.05, 4.69) is 16.8 Å². The van der Waals surface area contributed by atoms with Gasteiger partial charge in [0.05, 0.1) is 12.5 Å². The highest BCUT2D eigenvalue weighted by Gasteiger charge is 2.21. The van der Waals surface area contributed by atoms with Gasteiger partial charge in [0, 0.05) is 37.1 Å². The molecule has 7 heteroatoms. The topological polar surface area (TPSA) is 83.6 Å². The predicted octanol–water partition coefficient (Wildman–Crippen LogP) is 0.839. The van der Waals surface area contributed by atoms with E-state index in [1.165, 1.54) is 42.3 Å². The highest BCUT2D eigenvalue weighted by atomic mass is 32.2. The molecule has 0 fully saturated rings. The van der Waals surface area contributed by atoms with Gasteiger partial charge in [0.25, 0.3) is 0 Å². The Morgan fingerprint density at radius 1 is 1.43 bits per heavy atom. The second kappa shape index (κ2) is 6.54. The molecule has 0 saturated carbocycles. The molecule has 1 N–H and O–H groups in total. The van der Waals surface area contributed by atoms with Crippen LogP contribution in [-0.2, 0) is 16.6 Å². The molecule has 110 valence electrons. The van der Waals surface area contributed by atoms with Crippen molar-refractivity contribution in [3.05, 3.63) is 48.2 Å². The molecular weight excluding hydrogens is 292 g/mol. The van der Waals surface area contributed by atoms with Crippen molar-refractivity contribution in [1.29, 1.82) is 0 Å². The van der Waals surface area contributed by atoms with Gasteiger partial charge in [-0.2, -0.15) is 4.31 Å². The van der Waals surface area contributed by atoms with Crippen LogP contribution in [0.5, 0.6) is 0 Å². The molecule has 0 aliphatic heterocycles. The molecule has 21 heavy (non-hydrogen) atoms. The molecule has 2 aromatic rings. The van der Waals surface area contributed by atoms with Crippen molar-refractivity contribution < 1.29 is 17.9 Å². The van der Waals surface area contributed by atoms with Crippen LogP contribution in [-0.4, -0.2) is 36.5 Å². The summed E-state index contributed by atoms with van der Waals surface area (Å²) >= 11 is 0. The van der Waals surface area contributed by atoms with Crippen molar-refractivity contribution in [3.8, 4) is 11.8 Å². The number of hydrogen-bond acceptors (Lipinski definition) is 5. The number of hydrogen-bond donors (Lipinski definition) is 1. The Morgan fingerprint density at radius 2 is 2.24 bits per heavy atom. The Hall–Kier alpha value is -2.14. The summed E-state index contributed by atoms with van der Waals surface area (Å²) in [4.78, 5) is 3.93. The van der Waals surface area contributed by atoms with Crippen LogP contribution in [0.4, 0.5) is 0 Å². The van der Waals surface area contributed by atoms with Gasteiger partial charge in [0.1, 0.15) is 11.5 Å². The van der Waals surface area contributed by atoms with Gasteiger partial charge < -0.3 is 9.52 Å². The van der Waals surface area contributed by atoms with E-state index < -0.39 is 10.0 Å². The number of nitrogens with zero attached hydrogens (tertiary/aromatic N) is 2. The summed E-state index contributed by atoms with van der Waals surface area (Å²) in [6.45, 7) is -0.0945. The Labute approximate surface area is 123 Å². The van der Waals surface area contributed by atoms with Crippen LogP contribution in [0, 0.1) is 11.8 Å². The zero-order chi connectivity index (χ0) is 15.3. The van der Waals surface area contributed by atoms with Gasteiger partial charge in [-0.1, -0.05) is 11.8 Å². The zero-order valence-electron chi connectivity index (χ0n) is 11.4. The SMILES string of the molecule is CN(Cc1ccoc1)S(=O)(=O)c1cncc(C#CCO)c1. The summed E-state index contributed by atoms with van der Waals surface area (Å²) < 4.78 is 31.0. The molecule has 0 spiro atoms. The summed E-state index contributed by atoms with van der Waals surface area (Å²) in [6.07, 6.45) is 5.69. The third-order valence-corrected chi connectivity index (χ3v) is 4.49. The fraction of sp³-hybridized carbons (Fsp3) is 0.214. The molecule has 0 bridgehead atoms. The number of sulfonamides is 1. The molecule has 2 heterocycles. The van der Waals surface area contributed by atoms with E-state index >= 15 is 0 Å². The van der Waals surface area contributed by atoms with Gasteiger partial charge in [-0.05, 0) is 12.1 Å². The van der Waals surface area contributed by atoms with E-state index in [4.69, 9.17) is 9.52 Å². The van der Waals surface area contributed by atoms with Gasteiger partial charge in [-0.25, -0.2) is 8.42 Å². The van der Waals surface area contributed by atoms with Gasteiger partial charge in [-0.3, -0.25) is 4.98 Å². The Morgan fingerprint density at radius 3 is 2.90 bits per heavy atom. The lowest BCUT2D eigenvalue weighted by Gasteiger charge is -2.16. The third-order valence-electron chi connectivity index (χ3n) is 2.72. The fourth-order valence-corrected chi connectivity index (χ4v) is 2.82. The van der Waals surface area contributed by atoms with Gasteiger partial charge in [0.15, 0.2) is 0 Å². The van der Waals surface area contributed by atoms with Crippen molar-refractivity contribution in [1.82, 2.24) is 9.29 Å². The van der Waals surface area contributed by atoms with Gasteiger partial charge >= 0.3 is 0 Å². The minimum absolute atomic E-state index is 0.0539. The number of rotatable bonds is 4. The number of aliphatic hydroxyl groups excluding tert-OH is 1. The molecular formula is C14H14N2O4S. The first kappa shape index (κ1) is 15.3. The Bertz CT molecular complexity index is 758. The lowest BCUT2D eigenvalue weighted by Crippen LogP contribution is -2.26. The highest BCUT2D eigenvalue weighted by Crippen LogP contribution is 2.17. The van der Waals surface area contributed by atoms with E-state index in [1.807, 2.05) is 0 Å². The minimum atomic E-state index is -3.66. The van der Waals surface area contributed by atoms with Gasteiger partial charge in [-0.15, -0.1) is 0 Å². The predicted molar refractivity (Wildman–Crippen MR) is 75.6 cm³/mol. The fourth-order valence-electron chi connectivity index (χ4n) is 1.67. The normalized spacial score (nSPS) is 11.2. The summed E-state index contributed by atoms with van der Waals surface area (Å²) in [5.74, 6) is 5.08. The Kier molecular flexibility index (Phi) is 4.75. The Balaban J connectivity index is 2.26. The molecule has 0 unspecified atom stereocenters. The van der Waals surface area contributed by atoms with Crippen molar-refractivity contribution in [2.24, 2.45) is 0 Å². The van der Waals surface area contributed by atoms with Crippen molar-refractivity contribution in [2.45, 2.75) is 11.4 Å². The van der Waals surface area contributed by atoms with Crippen molar-refractivity contribution >= 4 is 10.0 Å². The minimum Gasteiger partial charge on any atom is -0.472 e. The highest BCUT2D eigenvalue weighted by molar-refractivity contribution is 7.89. The van der Waals surface area contributed by atoms with Crippen molar-refractivity contribution in [3.63, 3.8) is 0 Å². The first-order chi connectivity index (χ1) is 10.0. The van der Waals surface area contributed by atoms with Crippen molar-refractivity contribution in [2.75, 3.05) is 13.7 Å². The largest absolute Gasteiger partial charge is 0.472 e. The average Bonchev–Trinajstić information content (AvgIpc) is 2.98. The quantitative estimate of drug-likeness (QED) is 0.846. The van der Waals surface area contributed by atoms with E-state index in [1.54, 1.807) is 6.07 Å². The van der Waals surface area contributed by atoms with Crippen LogP contribution in [0.15, 0.2) is 46.4 Å². The number of pyridine rings is 1. The zero-order valence-corrected chi connectivity index (χ0v) is 12.2. The molecule has 0 aromatic carbocycles. The van der Waals surface area contributed by atoms with E-state index in [9.17, 15) is 8.42 Å². The van der Waals surface area contributed by atoms with E-state index in [-0.39, 0.29) is 18.0 Å². The van der Waals surface area contributed by atoms with Crippen LogP contribution in [0.3, 0.4) is 0 Å². The standard InChI is InChI=1S/C14H14N2O4S/c1-16(10-13-4-6-20-11-13)21(18,19)14-7-12(3-2-5-17)8-15-9-14/h4,6-9,11,17H,5,10H2,1H3. The molecule has 0 saturated heterocycles. The maximum absolute atomic E-state index is 12.4. The van der Waals surface area contributed by atoms with Gasteiger partial charge in [0.2, 0.25) is 10.0 Å².